The summed E-state index contributed by atoms with van der Waals surface area (Å²) in [5, 5.41) is 12.2. The molecule has 0 radical (unpaired) electrons. The van der Waals surface area contributed by atoms with Crippen LogP contribution in [-0.4, -0.2) is 44.0 Å². The Labute approximate surface area is 126 Å². The predicted molar refractivity (Wildman–Crippen MR) is 81.7 cm³/mol. The molecule has 21 heavy (non-hydrogen) atoms. The number of rotatable bonds is 8. The van der Waals surface area contributed by atoms with E-state index in [4.69, 9.17) is 9.47 Å². The normalized spacial score (nSPS) is 12.0. The zero-order chi connectivity index (χ0) is 15.8. The molecule has 2 N–H and O–H groups in total. The lowest BCUT2D eigenvalue weighted by Crippen LogP contribution is -2.32. The Morgan fingerprint density at radius 2 is 1.90 bits per heavy atom. The van der Waals surface area contributed by atoms with E-state index in [9.17, 15) is 9.90 Å². The third kappa shape index (κ3) is 6.14. The molecule has 0 aromatic heterocycles. The van der Waals surface area contributed by atoms with E-state index in [-0.39, 0.29) is 19.1 Å². The molecule has 1 atom stereocenters. The fourth-order valence-corrected chi connectivity index (χ4v) is 2.24. The first-order chi connectivity index (χ1) is 9.93. The monoisotopic (exact) mass is 295 g/mol. The van der Waals surface area contributed by atoms with Crippen molar-refractivity contribution in [1.29, 1.82) is 0 Å². The largest absolute Gasteiger partial charge is 0.483 e. The summed E-state index contributed by atoms with van der Waals surface area (Å²) in [5.41, 5.74) is 3.22. The molecular weight excluding hydrogens is 270 g/mol. The highest BCUT2D eigenvalue weighted by Crippen LogP contribution is 2.24. The minimum atomic E-state index is -0.558. The molecule has 1 unspecified atom stereocenters. The molecule has 1 rings (SSSR count). The second kappa shape index (κ2) is 8.64. The van der Waals surface area contributed by atoms with Crippen LogP contribution in [0.5, 0.6) is 5.75 Å². The van der Waals surface area contributed by atoms with Crippen molar-refractivity contribution >= 4 is 5.91 Å². The molecule has 0 aliphatic rings. The number of carbonyl (C=O) groups is 1. The number of hydrogen-bond acceptors (Lipinski definition) is 4. The first-order valence-electron chi connectivity index (χ1n) is 7.08. The highest BCUT2D eigenvalue weighted by molar-refractivity contribution is 5.77. The van der Waals surface area contributed by atoms with E-state index in [1.165, 1.54) is 12.7 Å². The van der Waals surface area contributed by atoms with Gasteiger partial charge in [-0.25, -0.2) is 0 Å². The summed E-state index contributed by atoms with van der Waals surface area (Å²) in [6.45, 7) is 6.61. The summed E-state index contributed by atoms with van der Waals surface area (Å²) in [6.07, 6.45) is -0.0971. The van der Waals surface area contributed by atoms with Crippen molar-refractivity contribution in [3.8, 4) is 5.75 Å². The van der Waals surface area contributed by atoms with Gasteiger partial charge in [0, 0.05) is 13.7 Å². The number of benzene rings is 1. The molecule has 0 heterocycles. The Morgan fingerprint density at radius 1 is 1.29 bits per heavy atom. The van der Waals surface area contributed by atoms with Crippen LogP contribution in [0, 0.1) is 20.8 Å². The lowest BCUT2D eigenvalue weighted by Gasteiger charge is -2.14. The number of ether oxygens (including phenoxy) is 2. The molecule has 1 amide bonds. The van der Waals surface area contributed by atoms with Crippen molar-refractivity contribution in [3.63, 3.8) is 0 Å². The summed E-state index contributed by atoms with van der Waals surface area (Å²) < 4.78 is 10.4. The number of aliphatic hydroxyl groups excluding tert-OH is 1. The van der Waals surface area contributed by atoms with Crippen molar-refractivity contribution in [2.24, 2.45) is 0 Å². The predicted octanol–water partition coefficient (Wildman–Crippen LogP) is 1.50. The van der Waals surface area contributed by atoms with Gasteiger partial charge in [0.25, 0.3) is 5.91 Å². The summed E-state index contributed by atoms with van der Waals surface area (Å²) in [7, 11) is 1.53. The number of methoxy groups -OCH3 is 1. The van der Waals surface area contributed by atoms with E-state index in [0.717, 1.165) is 16.9 Å². The Balaban J connectivity index is 2.37. The average molecular weight is 295 g/mol. The summed E-state index contributed by atoms with van der Waals surface area (Å²) in [4.78, 5) is 11.7. The number of carbonyl (C=O) groups excluding carboxylic acids is 1. The van der Waals surface area contributed by atoms with Crippen LogP contribution >= 0.6 is 0 Å². The van der Waals surface area contributed by atoms with E-state index >= 15 is 0 Å². The lowest BCUT2D eigenvalue weighted by molar-refractivity contribution is -0.123. The van der Waals surface area contributed by atoms with E-state index < -0.39 is 6.10 Å². The van der Waals surface area contributed by atoms with Crippen LogP contribution in [0.15, 0.2) is 12.1 Å². The molecule has 0 bridgehead atoms. The number of aliphatic hydroxyl groups is 1. The highest BCUT2D eigenvalue weighted by atomic mass is 16.5. The second-order valence-electron chi connectivity index (χ2n) is 5.26. The molecule has 118 valence electrons. The van der Waals surface area contributed by atoms with E-state index in [2.05, 4.69) is 5.32 Å². The van der Waals surface area contributed by atoms with E-state index in [1.807, 2.05) is 32.9 Å². The minimum Gasteiger partial charge on any atom is -0.483 e. The number of nitrogens with one attached hydrogen (secondary N) is 1. The molecule has 0 saturated heterocycles. The van der Waals surface area contributed by atoms with Crippen LogP contribution in [0.25, 0.3) is 0 Å². The Hall–Kier alpha value is -1.59. The van der Waals surface area contributed by atoms with Crippen molar-refractivity contribution in [3.05, 3.63) is 28.8 Å². The summed E-state index contributed by atoms with van der Waals surface area (Å²) >= 11 is 0. The van der Waals surface area contributed by atoms with Crippen LogP contribution in [0.2, 0.25) is 0 Å². The third-order valence-corrected chi connectivity index (χ3v) is 3.11. The first kappa shape index (κ1) is 17.5. The van der Waals surface area contributed by atoms with Crippen LogP contribution in [0.1, 0.15) is 23.1 Å². The Morgan fingerprint density at radius 3 is 2.48 bits per heavy atom. The van der Waals surface area contributed by atoms with Crippen molar-refractivity contribution in [2.45, 2.75) is 33.3 Å². The number of aryl methyl sites for hydroxylation is 3. The fourth-order valence-electron chi connectivity index (χ4n) is 2.24. The SMILES string of the molecule is COCC(O)CCNC(=O)COc1c(C)cc(C)cc1C. The van der Waals surface area contributed by atoms with Crippen molar-refractivity contribution < 1.29 is 19.4 Å². The molecule has 5 nitrogen and oxygen atoms in total. The van der Waals surface area contributed by atoms with Crippen molar-refractivity contribution in [1.82, 2.24) is 5.32 Å². The van der Waals surface area contributed by atoms with E-state index in [0.29, 0.717) is 13.0 Å². The van der Waals surface area contributed by atoms with Gasteiger partial charge in [0.2, 0.25) is 0 Å². The minimum absolute atomic E-state index is 0.0227. The van der Waals surface area contributed by atoms with Crippen LogP contribution < -0.4 is 10.1 Å². The van der Waals surface area contributed by atoms with Gasteiger partial charge in [0.05, 0.1) is 12.7 Å². The van der Waals surface area contributed by atoms with Gasteiger partial charge in [0.15, 0.2) is 6.61 Å². The lowest BCUT2D eigenvalue weighted by atomic mass is 10.1. The molecule has 0 fully saturated rings. The van der Waals surface area contributed by atoms with E-state index in [1.54, 1.807) is 0 Å². The summed E-state index contributed by atoms with van der Waals surface area (Å²) in [5.74, 6) is 0.564. The second-order valence-corrected chi connectivity index (χ2v) is 5.26. The number of amides is 1. The third-order valence-electron chi connectivity index (χ3n) is 3.11. The molecule has 0 saturated carbocycles. The van der Waals surface area contributed by atoms with Gasteiger partial charge in [0.1, 0.15) is 5.75 Å². The van der Waals surface area contributed by atoms with Crippen LogP contribution in [0.3, 0.4) is 0 Å². The smallest absolute Gasteiger partial charge is 0.257 e. The molecule has 0 aliphatic heterocycles. The van der Waals surface area contributed by atoms with Crippen LogP contribution in [-0.2, 0) is 9.53 Å². The first-order valence-corrected chi connectivity index (χ1v) is 7.08. The van der Waals surface area contributed by atoms with Gasteiger partial charge < -0.3 is 19.9 Å². The topological polar surface area (TPSA) is 67.8 Å². The average Bonchev–Trinajstić information content (AvgIpc) is 2.37. The van der Waals surface area contributed by atoms with Gasteiger partial charge in [-0.1, -0.05) is 17.7 Å². The Bertz CT molecular complexity index is 450. The van der Waals surface area contributed by atoms with Gasteiger partial charge in [-0.15, -0.1) is 0 Å². The van der Waals surface area contributed by atoms with Gasteiger partial charge in [-0.05, 0) is 38.3 Å². The molecule has 0 aliphatic carbocycles. The molecular formula is C16H25NO4. The van der Waals surface area contributed by atoms with Gasteiger partial charge in [-0.3, -0.25) is 4.79 Å². The zero-order valence-electron chi connectivity index (χ0n) is 13.2. The maximum absolute atomic E-state index is 11.7. The standard InChI is InChI=1S/C16H25NO4/c1-11-7-12(2)16(13(3)8-11)21-10-15(19)17-6-5-14(18)9-20-4/h7-8,14,18H,5-6,9-10H2,1-4H3,(H,17,19). The quantitative estimate of drug-likeness (QED) is 0.763. The van der Waals surface area contributed by atoms with Crippen molar-refractivity contribution in [2.75, 3.05) is 26.9 Å². The maximum atomic E-state index is 11.7. The molecule has 1 aromatic rings. The molecule has 5 heteroatoms. The highest BCUT2D eigenvalue weighted by Gasteiger charge is 2.09. The fraction of sp³-hybridized carbons (Fsp3) is 0.562. The zero-order valence-corrected chi connectivity index (χ0v) is 13.2. The molecule has 0 spiro atoms. The van der Waals surface area contributed by atoms with Gasteiger partial charge >= 0.3 is 0 Å². The van der Waals surface area contributed by atoms with Crippen LogP contribution in [0.4, 0.5) is 0 Å². The maximum Gasteiger partial charge on any atom is 0.257 e. The number of hydrogen-bond donors (Lipinski definition) is 2. The van der Waals surface area contributed by atoms with Gasteiger partial charge in [-0.2, -0.15) is 0 Å². The Kier molecular flexibility index (Phi) is 7.19. The molecule has 1 aromatic carbocycles. The summed E-state index contributed by atoms with van der Waals surface area (Å²) in [6, 6.07) is 4.06.